The second kappa shape index (κ2) is 6.48. The van der Waals surface area contributed by atoms with Gasteiger partial charge in [0.2, 0.25) is 0 Å². The number of nitrogens with zero attached hydrogens (tertiary/aromatic N) is 1. The average Bonchev–Trinajstić information content (AvgIpc) is 2.28. The third-order valence-corrected chi connectivity index (χ3v) is 2.74. The predicted octanol–water partition coefficient (Wildman–Crippen LogP) is 2.65. The van der Waals surface area contributed by atoms with Crippen molar-refractivity contribution in [3.05, 3.63) is 30.1 Å². The van der Waals surface area contributed by atoms with Crippen LogP contribution in [0.4, 0.5) is 10.1 Å². The van der Waals surface area contributed by atoms with E-state index in [-0.39, 0.29) is 5.82 Å². The van der Waals surface area contributed by atoms with Gasteiger partial charge in [-0.2, -0.15) is 0 Å². The van der Waals surface area contributed by atoms with E-state index in [2.05, 4.69) is 24.1 Å². The Labute approximate surface area is 97.5 Å². The van der Waals surface area contributed by atoms with Crippen LogP contribution in [-0.2, 0) is 0 Å². The zero-order valence-electron chi connectivity index (χ0n) is 10.3. The first-order valence-electron chi connectivity index (χ1n) is 5.84. The molecule has 0 aromatic heterocycles. The van der Waals surface area contributed by atoms with Gasteiger partial charge in [0.25, 0.3) is 0 Å². The van der Waals surface area contributed by atoms with Crippen molar-refractivity contribution in [1.82, 2.24) is 5.32 Å². The molecule has 1 N–H and O–H groups in total. The Balaban J connectivity index is 2.52. The SMILES string of the molecule is CCCNCC(C)N(C)c1cccc(F)c1. The molecule has 0 saturated heterocycles. The van der Waals surface area contributed by atoms with Crippen LogP contribution in [0.5, 0.6) is 0 Å². The third kappa shape index (κ3) is 3.81. The lowest BCUT2D eigenvalue weighted by molar-refractivity contribution is 0.579. The molecule has 0 bridgehead atoms. The summed E-state index contributed by atoms with van der Waals surface area (Å²) in [7, 11) is 1.99. The maximum absolute atomic E-state index is 13.1. The van der Waals surface area contributed by atoms with Gasteiger partial charge in [0.1, 0.15) is 5.82 Å². The van der Waals surface area contributed by atoms with Crippen LogP contribution in [0.25, 0.3) is 0 Å². The summed E-state index contributed by atoms with van der Waals surface area (Å²) in [6.07, 6.45) is 1.14. The van der Waals surface area contributed by atoms with Gasteiger partial charge in [-0.05, 0) is 38.1 Å². The van der Waals surface area contributed by atoms with Crippen LogP contribution in [0.2, 0.25) is 0 Å². The van der Waals surface area contributed by atoms with E-state index < -0.39 is 0 Å². The molecule has 3 heteroatoms. The van der Waals surface area contributed by atoms with E-state index in [0.29, 0.717) is 6.04 Å². The van der Waals surface area contributed by atoms with E-state index in [0.717, 1.165) is 25.2 Å². The molecule has 1 unspecified atom stereocenters. The van der Waals surface area contributed by atoms with Crippen molar-refractivity contribution < 1.29 is 4.39 Å². The normalized spacial score (nSPS) is 12.5. The van der Waals surface area contributed by atoms with Gasteiger partial charge in [-0.3, -0.25) is 0 Å². The molecule has 0 aliphatic heterocycles. The molecule has 0 amide bonds. The van der Waals surface area contributed by atoms with E-state index in [9.17, 15) is 4.39 Å². The maximum Gasteiger partial charge on any atom is 0.125 e. The van der Waals surface area contributed by atoms with E-state index in [4.69, 9.17) is 0 Å². The molecule has 0 spiro atoms. The number of anilines is 1. The summed E-state index contributed by atoms with van der Waals surface area (Å²) in [5.74, 6) is -0.182. The molecule has 0 saturated carbocycles. The zero-order chi connectivity index (χ0) is 12.0. The molecular formula is C13H21FN2. The number of benzene rings is 1. The molecule has 0 radical (unpaired) electrons. The van der Waals surface area contributed by atoms with Crippen molar-refractivity contribution in [2.75, 3.05) is 25.0 Å². The van der Waals surface area contributed by atoms with Gasteiger partial charge in [-0.1, -0.05) is 13.0 Å². The molecular weight excluding hydrogens is 203 g/mol. The highest BCUT2D eigenvalue weighted by molar-refractivity contribution is 5.46. The lowest BCUT2D eigenvalue weighted by Gasteiger charge is -2.27. The number of rotatable bonds is 6. The second-order valence-electron chi connectivity index (χ2n) is 4.14. The summed E-state index contributed by atoms with van der Waals surface area (Å²) in [6.45, 7) is 6.23. The van der Waals surface area contributed by atoms with Gasteiger partial charge in [0.15, 0.2) is 0 Å². The fraction of sp³-hybridized carbons (Fsp3) is 0.538. The van der Waals surface area contributed by atoms with Crippen LogP contribution in [0.15, 0.2) is 24.3 Å². The Bertz CT molecular complexity index is 315. The summed E-state index contributed by atoms with van der Waals surface area (Å²) in [5, 5.41) is 3.36. The molecule has 1 rings (SSSR count). The summed E-state index contributed by atoms with van der Waals surface area (Å²) < 4.78 is 13.1. The largest absolute Gasteiger partial charge is 0.371 e. The molecule has 1 aromatic carbocycles. The molecule has 16 heavy (non-hydrogen) atoms. The van der Waals surface area contributed by atoms with Crippen molar-refractivity contribution >= 4 is 5.69 Å². The summed E-state index contributed by atoms with van der Waals surface area (Å²) >= 11 is 0. The predicted molar refractivity (Wildman–Crippen MR) is 67.4 cm³/mol. The molecule has 0 heterocycles. The van der Waals surface area contributed by atoms with Crippen LogP contribution >= 0.6 is 0 Å². The van der Waals surface area contributed by atoms with E-state index >= 15 is 0 Å². The van der Waals surface area contributed by atoms with E-state index in [1.54, 1.807) is 12.1 Å². The van der Waals surface area contributed by atoms with Crippen LogP contribution in [0.3, 0.4) is 0 Å². The molecule has 0 fully saturated rings. The minimum absolute atomic E-state index is 0.182. The fourth-order valence-corrected chi connectivity index (χ4v) is 1.57. The molecule has 1 aromatic rings. The first-order valence-corrected chi connectivity index (χ1v) is 5.84. The third-order valence-electron chi connectivity index (χ3n) is 2.74. The van der Waals surface area contributed by atoms with Crippen molar-refractivity contribution in [3.63, 3.8) is 0 Å². The highest BCUT2D eigenvalue weighted by atomic mass is 19.1. The highest BCUT2D eigenvalue weighted by Gasteiger charge is 2.09. The quantitative estimate of drug-likeness (QED) is 0.747. The minimum Gasteiger partial charge on any atom is -0.371 e. The maximum atomic E-state index is 13.1. The average molecular weight is 224 g/mol. The Kier molecular flexibility index (Phi) is 5.26. The monoisotopic (exact) mass is 224 g/mol. The molecule has 1 atom stereocenters. The topological polar surface area (TPSA) is 15.3 Å². The van der Waals surface area contributed by atoms with Gasteiger partial charge >= 0.3 is 0 Å². The summed E-state index contributed by atoms with van der Waals surface area (Å²) in [5.41, 5.74) is 0.922. The lowest BCUT2D eigenvalue weighted by atomic mass is 10.2. The van der Waals surface area contributed by atoms with E-state index in [1.165, 1.54) is 6.07 Å². The number of likely N-dealkylation sites (N-methyl/N-ethyl adjacent to an activating group) is 1. The molecule has 0 aliphatic carbocycles. The molecule has 0 aliphatic rings. The zero-order valence-corrected chi connectivity index (χ0v) is 10.3. The van der Waals surface area contributed by atoms with Crippen molar-refractivity contribution in [2.45, 2.75) is 26.3 Å². The Morgan fingerprint density at radius 2 is 2.19 bits per heavy atom. The molecule has 2 nitrogen and oxygen atoms in total. The highest BCUT2D eigenvalue weighted by Crippen LogP contribution is 2.15. The van der Waals surface area contributed by atoms with Crippen molar-refractivity contribution in [2.24, 2.45) is 0 Å². The van der Waals surface area contributed by atoms with Crippen LogP contribution < -0.4 is 10.2 Å². The number of hydrogen-bond acceptors (Lipinski definition) is 2. The fourth-order valence-electron chi connectivity index (χ4n) is 1.57. The molecule has 90 valence electrons. The number of hydrogen-bond donors (Lipinski definition) is 1. The van der Waals surface area contributed by atoms with E-state index in [1.807, 2.05) is 13.1 Å². The standard InChI is InChI=1S/C13H21FN2/c1-4-8-15-10-11(2)16(3)13-7-5-6-12(14)9-13/h5-7,9,11,15H,4,8,10H2,1-3H3. The number of nitrogens with one attached hydrogen (secondary N) is 1. The first-order chi connectivity index (χ1) is 7.65. The van der Waals surface area contributed by atoms with Crippen molar-refractivity contribution in [3.8, 4) is 0 Å². The Morgan fingerprint density at radius 1 is 1.44 bits per heavy atom. The van der Waals surface area contributed by atoms with Gasteiger partial charge < -0.3 is 10.2 Å². The van der Waals surface area contributed by atoms with Gasteiger partial charge in [0, 0.05) is 25.3 Å². The van der Waals surface area contributed by atoms with Crippen LogP contribution in [0, 0.1) is 5.82 Å². The first kappa shape index (κ1) is 13.0. The Hall–Kier alpha value is -1.09. The van der Waals surface area contributed by atoms with Gasteiger partial charge in [-0.15, -0.1) is 0 Å². The summed E-state index contributed by atoms with van der Waals surface area (Å²) in [6, 6.07) is 7.06. The lowest BCUT2D eigenvalue weighted by Crippen LogP contribution is -2.38. The van der Waals surface area contributed by atoms with Gasteiger partial charge in [-0.25, -0.2) is 4.39 Å². The smallest absolute Gasteiger partial charge is 0.125 e. The van der Waals surface area contributed by atoms with Crippen LogP contribution in [0.1, 0.15) is 20.3 Å². The number of halogens is 1. The van der Waals surface area contributed by atoms with Crippen LogP contribution in [-0.4, -0.2) is 26.2 Å². The van der Waals surface area contributed by atoms with Gasteiger partial charge in [0.05, 0.1) is 0 Å². The Morgan fingerprint density at radius 3 is 2.81 bits per heavy atom. The minimum atomic E-state index is -0.182. The van der Waals surface area contributed by atoms with Crippen molar-refractivity contribution in [1.29, 1.82) is 0 Å². The summed E-state index contributed by atoms with van der Waals surface area (Å²) in [4.78, 5) is 2.09. The second-order valence-corrected chi connectivity index (χ2v) is 4.14.